The van der Waals surface area contributed by atoms with E-state index >= 15 is 0 Å². The maximum absolute atomic E-state index is 11.5. The Balaban J connectivity index is 2.51. The summed E-state index contributed by atoms with van der Waals surface area (Å²) in [6.45, 7) is 0.545. The summed E-state index contributed by atoms with van der Waals surface area (Å²) in [4.78, 5) is 35.3. The summed E-state index contributed by atoms with van der Waals surface area (Å²) in [6.07, 6.45) is 1.83. The largest absolute Gasteiger partial charge is 0.481 e. The number of aliphatic carboxylic acids is 1. The van der Waals surface area contributed by atoms with Crippen LogP contribution in [0.5, 0.6) is 0 Å². The average Bonchev–Trinajstić information content (AvgIpc) is 2.88. The predicted molar refractivity (Wildman–Crippen MR) is 69.1 cm³/mol. The first-order valence-corrected chi connectivity index (χ1v) is 6.58. The smallest absolute Gasteiger partial charge is 0.409 e. The molecule has 0 aliphatic carbocycles. The Labute approximate surface area is 117 Å². The lowest BCUT2D eigenvalue weighted by Gasteiger charge is -2.24. The number of esters is 1. The number of likely N-dealkylation sites (tertiary alicyclic amines) is 1. The molecule has 1 heterocycles. The van der Waals surface area contributed by atoms with E-state index in [0.29, 0.717) is 32.2 Å². The molecule has 1 saturated heterocycles. The number of hydrogen-bond acceptors (Lipinski definition) is 5. The Kier molecular flexibility index (Phi) is 5.79. The molecule has 0 bridgehead atoms. The third-order valence-corrected chi connectivity index (χ3v) is 3.75. The molecule has 1 atom stereocenters. The summed E-state index contributed by atoms with van der Waals surface area (Å²) < 4.78 is 9.14. The van der Waals surface area contributed by atoms with Crippen molar-refractivity contribution in [3.05, 3.63) is 0 Å². The van der Waals surface area contributed by atoms with Gasteiger partial charge in [0.2, 0.25) is 0 Å². The van der Waals surface area contributed by atoms with Gasteiger partial charge in [0, 0.05) is 19.5 Å². The molecule has 1 amide bonds. The molecule has 1 fully saturated rings. The molecule has 0 aromatic carbocycles. The number of rotatable bonds is 6. The van der Waals surface area contributed by atoms with Crippen molar-refractivity contribution >= 4 is 18.0 Å². The summed E-state index contributed by atoms with van der Waals surface area (Å²) in [6, 6.07) is 0. The fourth-order valence-electron chi connectivity index (χ4n) is 2.48. The Morgan fingerprint density at radius 2 is 1.90 bits per heavy atom. The van der Waals surface area contributed by atoms with Crippen molar-refractivity contribution in [3.63, 3.8) is 0 Å². The molecule has 0 aromatic heterocycles. The van der Waals surface area contributed by atoms with Crippen molar-refractivity contribution in [2.45, 2.75) is 32.1 Å². The standard InChI is InChI=1S/C13H21NO6/c1-19-10(15)5-3-4-6-13(11(16)17)7-8-14(9-13)12(18)20-2/h3-9H2,1-2H3,(H,16,17). The number of unbranched alkanes of at least 4 members (excludes halogenated alkanes) is 1. The van der Waals surface area contributed by atoms with Gasteiger partial charge in [-0.15, -0.1) is 0 Å². The minimum atomic E-state index is -0.926. The van der Waals surface area contributed by atoms with Crippen molar-refractivity contribution in [1.29, 1.82) is 0 Å². The Bertz CT molecular complexity index is 383. The van der Waals surface area contributed by atoms with Gasteiger partial charge in [0.25, 0.3) is 0 Å². The molecule has 1 unspecified atom stereocenters. The zero-order chi connectivity index (χ0) is 15.2. The summed E-state index contributed by atoms with van der Waals surface area (Å²) >= 11 is 0. The van der Waals surface area contributed by atoms with E-state index in [9.17, 15) is 19.5 Å². The third kappa shape index (κ3) is 3.85. The van der Waals surface area contributed by atoms with Gasteiger partial charge >= 0.3 is 18.0 Å². The zero-order valence-electron chi connectivity index (χ0n) is 11.9. The maximum Gasteiger partial charge on any atom is 0.409 e. The molecule has 1 N–H and O–H groups in total. The molecule has 20 heavy (non-hydrogen) atoms. The van der Waals surface area contributed by atoms with Crippen molar-refractivity contribution in [2.24, 2.45) is 5.41 Å². The van der Waals surface area contributed by atoms with Gasteiger partial charge in [0.05, 0.1) is 19.6 Å². The molecule has 0 spiro atoms. The average molecular weight is 287 g/mol. The van der Waals surface area contributed by atoms with Gasteiger partial charge in [-0.25, -0.2) is 4.79 Å². The Morgan fingerprint density at radius 1 is 1.20 bits per heavy atom. The highest BCUT2D eigenvalue weighted by molar-refractivity contribution is 5.77. The third-order valence-electron chi connectivity index (χ3n) is 3.75. The fraction of sp³-hybridized carbons (Fsp3) is 0.769. The minimum Gasteiger partial charge on any atom is -0.481 e. The second kappa shape index (κ2) is 7.12. The molecule has 7 heteroatoms. The van der Waals surface area contributed by atoms with E-state index in [1.54, 1.807) is 0 Å². The molecule has 1 aliphatic heterocycles. The number of ether oxygens (including phenoxy) is 2. The molecule has 0 radical (unpaired) electrons. The lowest BCUT2D eigenvalue weighted by Crippen LogP contribution is -2.37. The van der Waals surface area contributed by atoms with E-state index in [-0.39, 0.29) is 18.9 Å². The van der Waals surface area contributed by atoms with Gasteiger partial charge in [0.1, 0.15) is 0 Å². The van der Waals surface area contributed by atoms with Crippen LogP contribution >= 0.6 is 0 Å². The molecular formula is C13H21NO6. The monoisotopic (exact) mass is 287 g/mol. The molecule has 1 aliphatic rings. The molecule has 114 valence electrons. The van der Waals surface area contributed by atoms with E-state index in [1.165, 1.54) is 19.1 Å². The van der Waals surface area contributed by atoms with Crippen molar-refractivity contribution in [3.8, 4) is 0 Å². The predicted octanol–water partition coefficient (Wildman–Crippen LogP) is 1.26. The van der Waals surface area contributed by atoms with Crippen LogP contribution in [0.3, 0.4) is 0 Å². The summed E-state index contributed by atoms with van der Waals surface area (Å²) in [5.41, 5.74) is -0.926. The van der Waals surface area contributed by atoms with Gasteiger partial charge in [-0.3, -0.25) is 9.59 Å². The SMILES string of the molecule is COC(=O)CCCCC1(C(=O)O)CCN(C(=O)OC)C1. The summed E-state index contributed by atoms with van der Waals surface area (Å²) in [5, 5.41) is 9.42. The summed E-state index contributed by atoms with van der Waals surface area (Å²) in [7, 11) is 2.60. The van der Waals surface area contributed by atoms with Crippen LogP contribution in [0.25, 0.3) is 0 Å². The number of hydrogen-bond donors (Lipinski definition) is 1. The number of amides is 1. The number of carbonyl (C=O) groups is 3. The van der Waals surface area contributed by atoms with Crippen LogP contribution < -0.4 is 0 Å². The van der Waals surface area contributed by atoms with Gasteiger partial charge < -0.3 is 19.5 Å². The van der Waals surface area contributed by atoms with Crippen molar-refractivity contribution < 1.29 is 29.0 Å². The quantitative estimate of drug-likeness (QED) is 0.584. The number of carbonyl (C=O) groups excluding carboxylic acids is 2. The number of methoxy groups -OCH3 is 2. The molecule has 0 aromatic rings. The number of nitrogens with zero attached hydrogens (tertiary/aromatic N) is 1. The van der Waals surface area contributed by atoms with Crippen molar-refractivity contribution in [2.75, 3.05) is 27.3 Å². The Hall–Kier alpha value is -1.79. The van der Waals surface area contributed by atoms with E-state index in [0.717, 1.165) is 0 Å². The van der Waals surface area contributed by atoms with Crippen LogP contribution in [0.1, 0.15) is 32.1 Å². The first-order chi connectivity index (χ1) is 9.45. The van der Waals surface area contributed by atoms with Crippen LogP contribution in [-0.2, 0) is 19.1 Å². The number of carboxylic acid groups (broad SMARTS) is 1. The molecule has 0 saturated carbocycles. The van der Waals surface area contributed by atoms with Crippen LogP contribution in [-0.4, -0.2) is 55.3 Å². The highest BCUT2D eigenvalue weighted by atomic mass is 16.5. The van der Waals surface area contributed by atoms with E-state index < -0.39 is 17.5 Å². The lowest BCUT2D eigenvalue weighted by atomic mass is 9.82. The zero-order valence-corrected chi connectivity index (χ0v) is 11.9. The van der Waals surface area contributed by atoms with Crippen molar-refractivity contribution in [1.82, 2.24) is 4.90 Å². The van der Waals surface area contributed by atoms with Gasteiger partial charge in [-0.2, -0.15) is 0 Å². The lowest BCUT2D eigenvalue weighted by molar-refractivity contribution is -0.148. The van der Waals surface area contributed by atoms with Crippen LogP contribution in [0.2, 0.25) is 0 Å². The molecule has 7 nitrogen and oxygen atoms in total. The van der Waals surface area contributed by atoms with Gasteiger partial charge in [-0.1, -0.05) is 6.42 Å². The molecular weight excluding hydrogens is 266 g/mol. The topological polar surface area (TPSA) is 93.1 Å². The maximum atomic E-state index is 11.5. The van der Waals surface area contributed by atoms with Gasteiger partial charge in [-0.05, 0) is 19.3 Å². The van der Waals surface area contributed by atoms with Gasteiger partial charge in [0.15, 0.2) is 0 Å². The molecule has 1 rings (SSSR count). The number of carboxylic acids is 1. The highest BCUT2D eigenvalue weighted by Crippen LogP contribution is 2.36. The second-order valence-electron chi connectivity index (χ2n) is 5.01. The van der Waals surface area contributed by atoms with Crippen LogP contribution in [0.4, 0.5) is 4.79 Å². The van der Waals surface area contributed by atoms with Crippen LogP contribution in [0, 0.1) is 5.41 Å². The second-order valence-corrected chi connectivity index (χ2v) is 5.01. The first-order valence-electron chi connectivity index (χ1n) is 6.58. The first kappa shape index (κ1) is 16.3. The normalized spacial score (nSPS) is 21.6. The summed E-state index contributed by atoms with van der Waals surface area (Å²) in [5.74, 6) is -1.20. The van der Waals surface area contributed by atoms with E-state index in [4.69, 9.17) is 0 Å². The highest BCUT2D eigenvalue weighted by Gasteiger charge is 2.45. The Morgan fingerprint density at radius 3 is 2.45 bits per heavy atom. The van der Waals surface area contributed by atoms with E-state index in [2.05, 4.69) is 9.47 Å². The van der Waals surface area contributed by atoms with E-state index in [1.807, 2.05) is 0 Å². The fourth-order valence-corrected chi connectivity index (χ4v) is 2.48. The van der Waals surface area contributed by atoms with Crippen LogP contribution in [0.15, 0.2) is 0 Å². The minimum absolute atomic E-state index is 0.160.